The standard InChI is InChI=1S/6C7H7N2O.6FO2P/c6*1-10-7-4-2-6(9-8)3-5-7;6*1-4(2)3/h6*2-5H,1H3;;;;;;/q6*+1;;;;;;. The first-order chi connectivity index (χ1) is 39.6. The Balaban J connectivity index is -0.000000202. The van der Waals surface area contributed by atoms with Crippen LogP contribution < -0.4 is 57.8 Å². The summed E-state index contributed by atoms with van der Waals surface area (Å²) in [5, 5.41) is 49.7. The minimum Gasteiger partial charge on any atom is -0.562 e. The summed E-state index contributed by atoms with van der Waals surface area (Å²) in [7, 11) is -12.2. The van der Waals surface area contributed by atoms with E-state index < -0.39 is 50.0 Å². The molecule has 0 saturated heterocycles. The summed E-state index contributed by atoms with van der Waals surface area (Å²) in [5.41, 5.74) is 3.17. The van der Waals surface area contributed by atoms with Gasteiger partial charge < -0.3 is 57.8 Å². The summed E-state index contributed by atoms with van der Waals surface area (Å²) >= 11 is 0. The fourth-order valence-corrected chi connectivity index (χ4v) is 3.89. The zero-order valence-electron chi connectivity index (χ0n) is 43.5. The highest BCUT2D eigenvalue weighted by atomic mass is 31.2. The first kappa shape index (κ1) is 85.9. The molecule has 0 spiro atoms. The molecule has 30 nitrogen and oxygen atoms in total. The number of nitrogens with zero attached hydrogens (tertiary/aromatic N) is 12. The number of ether oxygens (including phenoxy) is 6. The van der Waals surface area contributed by atoms with Crippen molar-refractivity contribution >= 4 is 84.2 Å². The Kier molecular flexibility index (Phi) is 61.0. The van der Waals surface area contributed by atoms with E-state index in [1.165, 1.54) is 0 Å². The lowest BCUT2D eigenvalue weighted by Gasteiger charge is -1.93. The molecule has 6 unspecified atom stereocenters. The SMILES string of the molecule is COc1ccc([N+]#N)cc1.COc1ccc([N+]#N)cc1.COc1ccc([N+]#N)cc1.COc1ccc([N+]#N)cc1.COc1ccc([N+]#N)cc1.COc1ccc([N+]#N)cc1.O=[P+]([O-])F.O=[P+]([O-])F.O=[P+]([O-])F.O=[P+]([O-])F.O=[P+]([O-])F.O=[P+]([O-])F. The van der Waals surface area contributed by atoms with Gasteiger partial charge in [-0.2, -0.15) is 0 Å². The van der Waals surface area contributed by atoms with E-state index in [0.29, 0.717) is 34.1 Å². The maximum atomic E-state index is 9.95. The lowest BCUT2D eigenvalue weighted by molar-refractivity contribution is -0.175. The molecule has 42 heteroatoms. The maximum absolute atomic E-state index is 9.95. The fourth-order valence-electron chi connectivity index (χ4n) is 3.89. The van der Waals surface area contributed by atoms with Gasteiger partial charge in [0.05, 0.1) is 67.8 Å². The summed E-state index contributed by atoms with van der Waals surface area (Å²) in [4.78, 5) is 68.2. The van der Waals surface area contributed by atoms with Crippen LogP contribution in [0.5, 0.6) is 34.5 Å². The average Bonchev–Trinajstić information content (AvgIpc) is 3.47. The van der Waals surface area contributed by atoms with Crippen molar-refractivity contribution in [2.75, 3.05) is 42.7 Å². The van der Waals surface area contributed by atoms with E-state index in [-0.39, 0.29) is 0 Å². The van der Waals surface area contributed by atoms with E-state index in [9.17, 15) is 25.2 Å². The van der Waals surface area contributed by atoms with Crippen LogP contribution >= 0.6 is 50.0 Å². The highest BCUT2D eigenvalue weighted by Gasteiger charge is 2.05. The van der Waals surface area contributed by atoms with Gasteiger partial charge in [-0.05, 0) is 100 Å². The van der Waals surface area contributed by atoms with Gasteiger partial charge in [-0.3, -0.25) is 0 Å². The topological polar surface area (TPSA) is 465 Å². The number of diazo groups is 6. The largest absolute Gasteiger partial charge is 0.562 e. The molecule has 0 fully saturated rings. The smallest absolute Gasteiger partial charge is 0.540 e. The van der Waals surface area contributed by atoms with Crippen LogP contribution in [0.2, 0.25) is 0 Å². The molecule has 6 rings (SSSR count). The van der Waals surface area contributed by atoms with Gasteiger partial charge >= 0.3 is 84.2 Å². The predicted octanol–water partition coefficient (Wildman–Crippen LogP) is 12.9. The Bertz CT molecular complexity index is 2530. The molecule has 6 atom stereocenters. The summed E-state index contributed by atoms with van der Waals surface area (Å²) in [6.45, 7) is 0. The fraction of sp³-hybridized carbons (Fsp3) is 0.143. The quantitative estimate of drug-likeness (QED) is 0.0849. The summed E-state index contributed by atoms with van der Waals surface area (Å²) in [5.74, 6) is 4.54. The van der Waals surface area contributed by atoms with Crippen molar-refractivity contribution in [3.63, 3.8) is 0 Å². The Morgan fingerprint density at radius 1 is 0.250 bits per heavy atom. The van der Waals surface area contributed by atoms with Crippen molar-refractivity contribution in [3.8, 4) is 34.5 Å². The van der Waals surface area contributed by atoms with Crippen molar-refractivity contribution in [3.05, 3.63) is 175 Å². The Morgan fingerprint density at radius 3 is 0.369 bits per heavy atom. The molecule has 0 aliphatic heterocycles. The van der Waals surface area contributed by atoms with Crippen LogP contribution in [0.4, 0.5) is 59.3 Å². The van der Waals surface area contributed by atoms with E-state index in [2.05, 4.69) is 29.9 Å². The molecule has 444 valence electrons. The van der Waals surface area contributed by atoms with E-state index in [1.807, 2.05) is 0 Å². The molecule has 84 heavy (non-hydrogen) atoms. The summed E-state index contributed by atoms with van der Waals surface area (Å²) in [6, 6.07) is 40.8. The zero-order valence-corrected chi connectivity index (χ0v) is 48.9. The van der Waals surface area contributed by atoms with Crippen LogP contribution in [0.1, 0.15) is 0 Å². The van der Waals surface area contributed by atoms with Crippen LogP contribution in [0.25, 0.3) is 29.9 Å². The second kappa shape index (κ2) is 59.7. The van der Waals surface area contributed by atoms with Crippen LogP contribution in [-0.4, -0.2) is 42.7 Å². The van der Waals surface area contributed by atoms with Gasteiger partial charge in [0.2, 0.25) is 32.4 Å². The molecule has 0 N–H and O–H groups in total. The monoisotopic (exact) mass is 1300 g/mol. The lowest BCUT2D eigenvalue weighted by Crippen LogP contribution is -1.79. The third-order valence-electron chi connectivity index (χ3n) is 7.13. The first-order valence-corrected chi connectivity index (χ1v) is 26.8. The van der Waals surface area contributed by atoms with Crippen molar-refractivity contribution in [1.29, 1.82) is 32.4 Å². The molecule has 0 aromatic heterocycles. The lowest BCUT2D eigenvalue weighted by atomic mass is 10.3. The third-order valence-corrected chi connectivity index (χ3v) is 7.13. The van der Waals surface area contributed by atoms with Crippen molar-refractivity contribution < 1.29 is 110 Å². The van der Waals surface area contributed by atoms with Crippen LogP contribution in [0.3, 0.4) is 0 Å². The molecule has 6 aromatic carbocycles. The van der Waals surface area contributed by atoms with Crippen molar-refractivity contribution in [1.82, 2.24) is 0 Å². The molecule has 0 amide bonds. The van der Waals surface area contributed by atoms with Gasteiger partial charge in [0.15, 0.2) is 29.9 Å². The molecule has 6 aromatic rings. The third kappa shape index (κ3) is 66.9. The van der Waals surface area contributed by atoms with Crippen LogP contribution in [0, 0.1) is 32.4 Å². The number of rotatable bonds is 6. The van der Waals surface area contributed by atoms with Gasteiger partial charge in [0.25, 0.3) is 0 Å². The number of hydrogen-bond acceptors (Lipinski definition) is 24. The Hall–Kier alpha value is -9.42. The second-order valence-corrected chi connectivity index (χ2v) is 14.6. The molecular formula is C42H42F6N12O18P6+6. The molecule has 0 bridgehead atoms. The van der Waals surface area contributed by atoms with Gasteiger partial charge in [0, 0.05) is 72.8 Å². The molecule has 0 aliphatic rings. The molecule has 0 heterocycles. The molecular weight excluding hydrogens is 1260 g/mol. The van der Waals surface area contributed by atoms with Crippen LogP contribution in [0.15, 0.2) is 146 Å². The minimum absolute atomic E-state index is 0.529. The minimum atomic E-state index is -3.62. The van der Waals surface area contributed by atoms with Crippen molar-refractivity contribution in [2.45, 2.75) is 0 Å². The normalized spacial score (nSPS) is 9.14. The average molecular weight is 1300 g/mol. The van der Waals surface area contributed by atoms with Crippen LogP contribution in [-0.2, 0) is 27.4 Å². The zero-order chi connectivity index (χ0) is 65.8. The van der Waals surface area contributed by atoms with Gasteiger partial charge in [-0.1, -0.05) is 0 Å². The van der Waals surface area contributed by atoms with E-state index in [4.69, 9.17) is 118 Å². The summed E-state index contributed by atoms with van der Waals surface area (Å²) < 4.78 is 139. The number of benzene rings is 6. The van der Waals surface area contributed by atoms with E-state index in [0.717, 1.165) is 34.5 Å². The second-order valence-electron chi connectivity index (χ2n) is 12.1. The maximum Gasteiger partial charge on any atom is 0.540 e. The Labute approximate surface area is 478 Å². The van der Waals surface area contributed by atoms with Gasteiger partial charge in [0.1, 0.15) is 34.5 Å². The molecule has 0 aliphatic carbocycles. The van der Waals surface area contributed by atoms with Crippen molar-refractivity contribution in [2.24, 2.45) is 0 Å². The number of methoxy groups -OCH3 is 6. The molecule has 0 saturated carbocycles. The first-order valence-electron chi connectivity index (χ1n) is 20.3. The highest BCUT2D eigenvalue weighted by molar-refractivity contribution is 7.30. The van der Waals surface area contributed by atoms with E-state index in [1.54, 1.807) is 188 Å². The number of hydrogen-bond donors (Lipinski definition) is 0. The van der Waals surface area contributed by atoms with E-state index >= 15 is 0 Å². The molecule has 0 radical (unpaired) electrons. The predicted molar refractivity (Wildman–Crippen MR) is 279 cm³/mol. The Morgan fingerprint density at radius 2 is 0.321 bits per heavy atom. The highest BCUT2D eigenvalue weighted by Crippen LogP contribution is 2.21. The summed E-state index contributed by atoms with van der Waals surface area (Å²) in [6.07, 6.45) is 0. The van der Waals surface area contributed by atoms with Gasteiger partial charge in [-0.25, -0.2) is 0 Å². The van der Waals surface area contributed by atoms with Gasteiger partial charge in [-0.15, -0.1) is 0 Å². The number of halogens is 6.